The zero-order valence-electron chi connectivity index (χ0n) is 20.2. The van der Waals surface area contributed by atoms with Crippen LogP contribution in [0.2, 0.25) is 0 Å². The smallest absolute Gasteiger partial charge is 0.433 e. The van der Waals surface area contributed by atoms with Crippen molar-refractivity contribution in [2.24, 2.45) is 5.92 Å². The molecule has 4 nitrogen and oxygen atoms in total. The van der Waals surface area contributed by atoms with Crippen LogP contribution >= 0.6 is 0 Å². The van der Waals surface area contributed by atoms with E-state index in [9.17, 15) is 36.2 Å². The fraction of sp³-hybridized carbons (Fsp3) is 0.357. The van der Waals surface area contributed by atoms with Gasteiger partial charge in [0.05, 0.1) is 5.56 Å². The second kappa shape index (κ2) is 11.1. The third-order valence-electron chi connectivity index (χ3n) is 6.97. The minimum Gasteiger partial charge on any atom is -0.481 e. The summed E-state index contributed by atoms with van der Waals surface area (Å²) in [6.07, 6.45) is -6.63. The fourth-order valence-corrected chi connectivity index (χ4v) is 5.12. The van der Waals surface area contributed by atoms with E-state index < -0.39 is 41.7 Å². The molecule has 0 bridgehead atoms. The van der Waals surface area contributed by atoms with Gasteiger partial charge in [0.15, 0.2) is 0 Å². The molecule has 202 valence electrons. The number of nitrogens with zero attached hydrogens (tertiary/aromatic N) is 2. The van der Waals surface area contributed by atoms with Gasteiger partial charge in [-0.25, -0.2) is 0 Å². The Labute approximate surface area is 215 Å². The van der Waals surface area contributed by atoms with Crippen molar-refractivity contribution in [2.45, 2.75) is 50.1 Å². The van der Waals surface area contributed by atoms with Gasteiger partial charge in [0.1, 0.15) is 5.69 Å². The largest absolute Gasteiger partial charge is 0.481 e. The fourth-order valence-electron chi connectivity index (χ4n) is 5.12. The molecular formula is C28H26F6N2O2. The lowest BCUT2D eigenvalue weighted by molar-refractivity contribution is -0.141. The van der Waals surface area contributed by atoms with E-state index in [1.54, 1.807) is 0 Å². The van der Waals surface area contributed by atoms with Crippen molar-refractivity contribution < 1.29 is 36.2 Å². The lowest BCUT2D eigenvalue weighted by Gasteiger charge is -2.44. The first-order valence-corrected chi connectivity index (χ1v) is 12.1. The number of aliphatic carboxylic acids is 1. The molecule has 0 amide bonds. The van der Waals surface area contributed by atoms with Crippen molar-refractivity contribution in [3.63, 3.8) is 0 Å². The number of benzene rings is 2. The summed E-state index contributed by atoms with van der Waals surface area (Å²) in [6, 6.07) is 15.6. The number of halogens is 6. The molecular weight excluding hydrogens is 510 g/mol. The monoisotopic (exact) mass is 536 g/mol. The van der Waals surface area contributed by atoms with Crippen LogP contribution in [0.1, 0.15) is 59.3 Å². The molecule has 38 heavy (non-hydrogen) atoms. The number of rotatable bonds is 7. The van der Waals surface area contributed by atoms with Gasteiger partial charge in [0.25, 0.3) is 0 Å². The highest BCUT2D eigenvalue weighted by Gasteiger charge is 2.37. The SMILES string of the molecule is O=C(O)C[C@@H]1CCN([C@H](Cc2ccccc2)c2ccc(C(F)(F)F)nc2)[C@H](c2ccc(C(F)(F)F)cc2)C1. The van der Waals surface area contributed by atoms with E-state index in [2.05, 4.69) is 9.88 Å². The van der Waals surface area contributed by atoms with Crippen LogP contribution in [0, 0.1) is 5.92 Å². The molecule has 2 aromatic carbocycles. The Morgan fingerprint density at radius 1 is 0.947 bits per heavy atom. The van der Waals surface area contributed by atoms with Crippen LogP contribution < -0.4 is 0 Å². The van der Waals surface area contributed by atoms with Crippen LogP contribution in [0.5, 0.6) is 0 Å². The predicted molar refractivity (Wildman–Crippen MR) is 128 cm³/mol. The van der Waals surface area contributed by atoms with Crippen LogP contribution in [0.25, 0.3) is 0 Å². The zero-order valence-corrected chi connectivity index (χ0v) is 20.2. The number of aromatic nitrogens is 1. The maximum atomic E-state index is 13.2. The first-order valence-electron chi connectivity index (χ1n) is 12.1. The number of hydrogen-bond donors (Lipinski definition) is 1. The minimum atomic E-state index is -4.59. The number of likely N-dealkylation sites (tertiary alicyclic amines) is 1. The zero-order chi connectivity index (χ0) is 27.5. The Morgan fingerprint density at radius 2 is 1.63 bits per heavy atom. The van der Waals surface area contributed by atoms with Gasteiger partial charge in [-0.2, -0.15) is 26.3 Å². The minimum absolute atomic E-state index is 0.0733. The number of carboxylic acid groups (broad SMARTS) is 1. The highest BCUT2D eigenvalue weighted by molar-refractivity contribution is 5.67. The van der Waals surface area contributed by atoms with Gasteiger partial charge < -0.3 is 5.11 Å². The molecule has 0 radical (unpaired) electrons. The number of carbonyl (C=O) groups is 1. The predicted octanol–water partition coefficient (Wildman–Crippen LogP) is 7.33. The van der Waals surface area contributed by atoms with Crippen LogP contribution in [-0.2, 0) is 23.6 Å². The molecule has 1 aromatic heterocycles. The molecule has 3 aromatic rings. The second-order valence-corrected chi connectivity index (χ2v) is 9.54. The lowest BCUT2D eigenvalue weighted by Crippen LogP contribution is -2.41. The van der Waals surface area contributed by atoms with Crippen LogP contribution in [0.15, 0.2) is 72.9 Å². The van der Waals surface area contributed by atoms with Crippen molar-refractivity contribution in [2.75, 3.05) is 6.54 Å². The average Bonchev–Trinajstić information content (AvgIpc) is 2.87. The molecule has 4 rings (SSSR count). The van der Waals surface area contributed by atoms with Gasteiger partial charge in [-0.1, -0.05) is 48.5 Å². The maximum absolute atomic E-state index is 13.2. The Hall–Kier alpha value is -3.40. The van der Waals surface area contributed by atoms with Crippen molar-refractivity contribution in [1.29, 1.82) is 0 Å². The van der Waals surface area contributed by atoms with Gasteiger partial charge in [0, 0.05) is 24.7 Å². The molecule has 0 aliphatic carbocycles. The highest BCUT2D eigenvalue weighted by Crippen LogP contribution is 2.43. The maximum Gasteiger partial charge on any atom is 0.433 e. The summed E-state index contributed by atoms with van der Waals surface area (Å²) in [7, 11) is 0. The molecule has 1 aliphatic heterocycles. The first-order chi connectivity index (χ1) is 17.9. The number of pyridine rings is 1. The van der Waals surface area contributed by atoms with E-state index in [1.165, 1.54) is 24.4 Å². The summed E-state index contributed by atoms with van der Waals surface area (Å²) in [4.78, 5) is 17.1. The van der Waals surface area contributed by atoms with Crippen molar-refractivity contribution >= 4 is 5.97 Å². The van der Waals surface area contributed by atoms with Crippen LogP contribution in [-0.4, -0.2) is 27.5 Å². The molecule has 2 heterocycles. The summed E-state index contributed by atoms with van der Waals surface area (Å²) in [5.74, 6) is -1.15. The van der Waals surface area contributed by atoms with Gasteiger partial charge in [0.2, 0.25) is 0 Å². The van der Waals surface area contributed by atoms with E-state index in [1.807, 2.05) is 30.3 Å². The quantitative estimate of drug-likeness (QED) is 0.321. The number of alkyl halides is 6. The summed E-state index contributed by atoms with van der Waals surface area (Å²) in [6.45, 7) is 0.419. The lowest BCUT2D eigenvalue weighted by atomic mass is 9.82. The van der Waals surface area contributed by atoms with Crippen molar-refractivity contribution in [3.8, 4) is 0 Å². The van der Waals surface area contributed by atoms with E-state index >= 15 is 0 Å². The molecule has 1 saturated heterocycles. The highest BCUT2D eigenvalue weighted by atomic mass is 19.4. The summed E-state index contributed by atoms with van der Waals surface area (Å²) in [5.41, 5.74) is 0.246. The average molecular weight is 537 g/mol. The summed E-state index contributed by atoms with van der Waals surface area (Å²) >= 11 is 0. The third-order valence-corrected chi connectivity index (χ3v) is 6.97. The Bertz CT molecular complexity index is 1210. The van der Waals surface area contributed by atoms with E-state index in [4.69, 9.17) is 0 Å². The number of hydrogen-bond acceptors (Lipinski definition) is 3. The topological polar surface area (TPSA) is 53.4 Å². The molecule has 10 heteroatoms. The van der Waals surface area contributed by atoms with Gasteiger partial charge in [-0.15, -0.1) is 0 Å². The van der Waals surface area contributed by atoms with Gasteiger partial charge in [-0.05, 0) is 66.6 Å². The van der Waals surface area contributed by atoms with Gasteiger partial charge >= 0.3 is 18.3 Å². The normalized spacial score (nSPS) is 19.7. The molecule has 0 spiro atoms. The Balaban J connectivity index is 1.74. The van der Waals surface area contributed by atoms with Crippen molar-refractivity contribution in [1.82, 2.24) is 9.88 Å². The number of carboxylic acids is 1. The number of piperidine rings is 1. The molecule has 0 unspecified atom stereocenters. The molecule has 1 fully saturated rings. The third kappa shape index (κ3) is 6.72. The van der Waals surface area contributed by atoms with E-state index in [-0.39, 0.29) is 12.3 Å². The van der Waals surface area contributed by atoms with Crippen molar-refractivity contribution in [3.05, 3.63) is 101 Å². The van der Waals surface area contributed by atoms with Crippen LogP contribution in [0.3, 0.4) is 0 Å². The van der Waals surface area contributed by atoms with Gasteiger partial charge in [-0.3, -0.25) is 14.7 Å². The Kier molecular flexibility index (Phi) is 8.10. The first kappa shape index (κ1) is 27.6. The standard InChI is InChI=1S/C28H26F6N2O2/c29-27(30,31)22-9-6-20(7-10-22)23-15-19(16-26(37)38)12-13-36(23)24(14-18-4-2-1-3-5-18)21-8-11-25(35-17-21)28(32,33)34/h1-11,17,19,23-24H,12-16H2,(H,37,38)/t19-,23+,24-/m1/s1. The second-order valence-electron chi connectivity index (χ2n) is 9.54. The summed E-state index contributed by atoms with van der Waals surface area (Å²) in [5, 5.41) is 9.35. The molecule has 0 saturated carbocycles. The molecule has 1 aliphatic rings. The van der Waals surface area contributed by atoms with E-state index in [0.717, 1.165) is 23.8 Å². The summed E-state index contributed by atoms with van der Waals surface area (Å²) < 4.78 is 79.1. The molecule has 1 N–H and O–H groups in total. The van der Waals surface area contributed by atoms with E-state index in [0.29, 0.717) is 36.9 Å². The Morgan fingerprint density at radius 3 is 2.18 bits per heavy atom. The van der Waals surface area contributed by atoms with Crippen LogP contribution in [0.4, 0.5) is 26.3 Å². The molecule has 3 atom stereocenters.